The van der Waals surface area contributed by atoms with Crippen molar-refractivity contribution in [2.45, 2.75) is 32.7 Å². The Balaban J connectivity index is 2.32. The third kappa shape index (κ3) is 4.91. The average Bonchev–Trinajstić information content (AvgIpc) is 2.73. The van der Waals surface area contributed by atoms with E-state index >= 15 is 0 Å². The van der Waals surface area contributed by atoms with E-state index in [0.29, 0.717) is 5.69 Å². The highest BCUT2D eigenvalue weighted by atomic mass is 79.9. The summed E-state index contributed by atoms with van der Waals surface area (Å²) in [5.74, 6) is -0.825. The minimum absolute atomic E-state index is 0.0980. The molecule has 1 aromatic heterocycles. The van der Waals surface area contributed by atoms with Crippen molar-refractivity contribution in [1.82, 2.24) is 10.3 Å². The number of hydrogen-bond acceptors (Lipinski definition) is 3. The van der Waals surface area contributed by atoms with Gasteiger partial charge in [0.25, 0.3) is 5.91 Å². The van der Waals surface area contributed by atoms with Crippen LogP contribution >= 0.6 is 15.9 Å². The van der Waals surface area contributed by atoms with E-state index in [1.54, 1.807) is 12.3 Å². The number of esters is 1. The molecule has 100 valence electrons. The molecule has 18 heavy (non-hydrogen) atoms. The summed E-state index contributed by atoms with van der Waals surface area (Å²) in [6.07, 6.45) is 3.53. The molecule has 2 N–H and O–H groups in total. The van der Waals surface area contributed by atoms with Crippen LogP contribution < -0.4 is 5.32 Å². The fourth-order valence-corrected chi connectivity index (χ4v) is 1.86. The van der Waals surface area contributed by atoms with Gasteiger partial charge in [-0.2, -0.15) is 0 Å². The Kier molecular flexibility index (Phi) is 5.91. The lowest BCUT2D eigenvalue weighted by Gasteiger charge is -2.12. The molecule has 0 fully saturated rings. The van der Waals surface area contributed by atoms with Gasteiger partial charge in [0.2, 0.25) is 0 Å². The Hall–Kier alpha value is -1.30. The molecule has 0 aliphatic rings. The zero-order valence-corrected chi connectivity index (χ0v) is 12.0. The predicted molar refractivity (Wildman–Crippen MR) is 71.3 cm³/mol. The molecule has 0 saturated carbocycles. The van der Waals surface area contributed by atoms with Crippen LogP contribution in [0.25, 0.3) is 0 Å². The van der Waals surface area contributed by atoms with Gasteiger partial charge in [0.15, 0.2) is 6.61 Å². The molecular formula is C12H17BrN2O3. The highest BCUT2D eigenvalue weighted by Gasteiger charge is 2.12. The molecule has 0 radical (unpaired) electrons. The van der Waals surface area contributed by atoms with E-state index in [4.69, 9.17) is 4.74 Å². The number of nitrogens with one attached hydrogen (secondary N) is 2. The second-order valence-electron chi connectivity index (χ2n) is 4.06. The highest BCUT2D eigenvalue weighted by molar-refractivity contribution is 9.10. The molecule has 1 rings (SSSR count). The van der Waals surface area contributed by atoms with Crippen molar-refractivity contribution >= 4 is 27.8 Å². The van der Waals surface area contributed by atoms with Gasteiger partial charge in [-0.15, -0.1) is 0 Å². The summed E-state index contributed by atoms with van der Waals surface area (Å²) in [5, 5.41) is 2.76. The summed E-state index contributed by atoms with van der Waals surface area (Å²) in [6.45, 7) is 3.71. The van der Waals surface area contributed by atoms with Crippen LogP contribution in [0.15, 0.2) is 16.7 Å². The normalized spacial score (nSPS) is 11.9. The van der Waals surface area contributed by atoms with Crippen molar-refractivity contribution in [3.05, 3.63) is 22.4 Å². The van der Waals surface area contributed by atoms with Gasteiger partial charge in [-0.3, -0.25) is 4.79 Å². The molecule has 0 aliphatic carbocycles. The van der Waals surface area contributed by atoms with Crippen molar-refractivity contribution < 1.29 is 14.3 Å². The minimum atomic E-state index is -0.543. The van der Waals surface area contributed by atoms with Gasteiger partial charge in [0, 0.05) is 16.7 Å². The van der Waals surface area contributed by atoms with E-state index in [2.05, 4.69) is 26.2 Å². The van der Waals surface area contributed by atoms with E-state index in [-0.39, 0.29) is 18.6 Å². The van der Waals surface area contributed by atoms with E-state index < -0.39 is 5.97 Å². The lowest BCUT2D eigenvalue weighted by molar-refractivity contribution is -0.124. The maximum absolute atomic E-state index is 11.5. The minimum Gasteiger partial charge on any atom is -0.451 e. The van der Waals surface area contributed by atoms with Gasteiger partial charge in [-0.1, -0.05) is 13.3 Å². The number of carbonyl (C=O) groups excluding carboxylic acids is 2. The summed E-state index contributed by atoms with van der Waals surface area (Å²) in [4.78, 5) is 25.7. The Morgan fingerprint density at radius 3 is 2.83 bits per heavy atom. The molecule has 1 atom stereocenters. The standard InChI is InChI=1S/C12H17BrN2O3/c1-3-4-8(2)15-11(16)7-18-12(17)10-5-9(13)6-14-10/h5-6,8,14H,3-4,7H2,1-2H3,(H,15,16)/t8-/m0/s1. The topological polar surface area (TPSA) is 71.2 Å². The van der Waals surface area contributed by atoms with Crippen LogP contribution in [-0.2, 0) is 9.53 Å². The first-order valence-electron chi connectivity index (χ1n) is 5.83. The molecule has 0 bridgehead atoms. The zero-order valence-electron chi connectivity index (χ0n) is 10.5. The Morgan fingerprint density at radius 1 is 1.56 bits per heavy atom. The molecule has 1 heterocycles. The Labute approximate surface area is 114 Å². The van der Waals surface area contributed by atoms with Gasteiger partial charge in [-0.05, 0) is 35.3 Å². The van der Waals surface area contributed by atoms with Gasteiger partial charge in [0.1, 0.15) is 5.69 Å². The number of hydrogen-bond donors (Lipinski definition) is 2. The first-order valence-corrected chi connectivity index (χ1v) is 6.62. The molecule has 0 spiro atoms. The van der Waals surface area contributed by atoms with Crippen LogP contribution in [0.4, 0.5) is 0 Å². The first-order chi connectivity index (χ1) is 8.52. The van der Waals surface area contributed by atoms with E-state index in [9.17, 15) is 9.59 Å². The van der Waals surface area contributed by atoms with E-state index in [1.165, 1.54) is 0 Å². The fraction of sp³-hybridized carbons (Fsp3) is 0.500. The number of halogens is 1. The van der Waals surface area contributed by atoms with Gasteiger partial charge < -0.3 is 15.0 Å². The third-order valence-electron chi connectivity index (χ3n) is 2.33. The second kappa shape index (κ2) is 7.20. The number of rotatable bonds is 6. The number of aromatic nitrogens is 1. The number of H-pyrrole nitrogens is 1. The predicted octanol–water partition coefficient (Wildman–Crippen LogP) is 2.24. The van der Waals surface area contributed by atoms with Crippen LogP contribution in [-0.4, -0.2) is 29.5 Å². The van der Waals surface area contributed by atoms with Crippen LogP contribution in [0.2, 0.25) is 0 Å². The lowest BCUT2D eigenvalue weighted by atomic mass is 10.2. The Bertz CT molecular complexity index is 417. The molecule has 5 nitrogen and oxygen atoms in total. The lowest BCUT2D eigenvalue weighted by Crippen LogP contribution is -2.35. The van der Waals surface area contributed by atoms with Crippen LogP contribution in [0.3, 0.4) is 0 Å². The number of aromatic amines is 1. The van der Waals surface area contributed by atoms with Crippen molar-refractivity contribution in [3.63, 3.8) is 0 Å². The fourth-order valence-electron chi connectivity index (χ4n) is 1.52. The SMILES string of the molecule is CCC[C@H](C)NC(=O)COC(=O)c1cc(Br)c[nH]1. The second-order valence-corrected chi connectivity index (χ2v) is 4.98. The van der Waals surface area contributed by atoms with E-state index in [1.807, 2.05) is 13.8 Å². The summed E-state index contributed by atoms with van der Waals surface area (Å²) < 4.78 is 5.64. The molecular weight excluding hydrogens is 300 g/mol. The largest absolute Gasteiger partial charge is 0.451 e. The zero-order chi connectivity index (χ0) is 13.5. The number of ether oxygens (including phenoxy) is 1. The smallest absolute Gasteiger partial charge is 0.355 e. The maximum Gasteiger partial charge on any atom is 0.355 e. The quantitative estimate of drug-likeness (QED) is 0.791. The molecule has 1 aromatic rings. The number of carbonyl (C=O) groups is 2. The summed E-state index contributed by atoms with van der Waals surface area (Å²) >= 11 is 3.21. The molecule has 1 amide bonds. The summed E-state index contributed by atoms with van der Waals surface area (Å²) in [6, 6.07) is 1.70. The van der Waals surface area contributed by atoms with Gasteiger partial charge in [-0.25, -0.2) is 4.79 Å². The van der Waals surface area contributed by atoms with Crippen molar-refractivity contribution in [2.75, 3.05) is 6.61 Å². The third-order valence-corrected chi connectivity index (χ3v) is 2.79. The van der Waals surface area contributed by atoms with Crippen LogP contribution in [0.5, 0.6) is 0 Å². The first kappa shape index (κ1) is 14.8. The van der Waals surface area contributed by atoms with Crippen molar-refractivity contribution in [2.24, 2.45) is 0 Å². The number of amides is 1. The monoisotopic (exact) mass is 316 g/mol. The summed E-state index contributed by atoms with van der Waals surface area (Å²) in [7, 11) is 0. The molecule has 0 saturated heterocycles. The summed E-state index contributed by atoms with van der Waals surface area (Å²) in [5.41, 5.74) is 0.316. The molecule has 6 heteroatoms. The van der Waals surface area contributed by atoms with Crippen molar-refractivity contribution in [3.8, 4) is 0 Å². The molecule has 0 aliphatic heterocycles. The Morgan fingerprint density at radius 2 is 2.28 bits per heavy atom. The molecule has 0 aromatic carbocycles. The molecule has 0 unspecified atom stereocenters. The maximum atomic E-state index is 11.5. The highest BCUT2D eigenvalue weighted by Crippen LogP contribution is 2.11. The van der Waals surface area contributed by atoms with Crippen LogP contribution in [0, 0.1) is 0 Å². The average molecular weight is 317 g/mol. The van der Waals surface area contributed by atoms with Gasteiger partial charge in [0.05, 0.1) is 0 Å². The van der Waals surface area contributed by atoms with Crippen molar-refractivity contribution in [1.29, 1.82) is 0 Å². The van der Waals surface area contributed by atoms with Gasteiger partial charge >= 0.3 is 5.97 Å². The van der Waals surface area contributed by atoms with Crippen LogP contribution in [0.1, 0.15) is 37.2 Å². The van der Waals surface area contributed by atoms with E-state index in [0.717, 1.165) is 17.3 Å².